The van der Waals surface area contributed by atoms with Crippen molar-refractivity contribution in [3.8, 4) is 6.07 Å². The first-order chi connectivity index (χ1) is 9.19. The monoisotopic (exact) mass is 258 g/mol. The zero-order chi connectivity index (χ0) is 13.7. The lowest BCUT2D eigenvalue weighted by atomic mass is 10.2. The Hall–Kier alpha value is -2.55. The summed E-state index contributed by atoms with van der Waals surface area (Å²) >= 11 is 0. The molecule has 2 aromatic rings. The van der Waals surface area contributed by atoms with Crippen molar-refractivity contribution >= 4 is 5.97 Å². The van der Waals surface area contributed by atoms with Crippen molar-refractivity contribution in [1.82, 2.24) is 14.8 Å². The number of H-pyrrole nitrogens is 1. The molecule has 0 bridgehead atoms. The molecule has 0 amide bonds. The highest BCUT2D eigenvalue weighted by molar-refractivity contribution is 5.89. The lowest BCUT2D eigenvalue weighted by molar-refractivity contribution is 0.0314. The van der Waals surface area contributed by atoms with Crippen LogP contribution in [0.1, 0.15) is 29.4 Å². The number of ether oxygens (including phenoxy) is 1. The Morgan fingerprint density at radius 2 is 2.53 bits per heavy atom. The van der Waals surface area contributed by atoms with Crippen molar-refractivity contribution in [2.45, 2.75) is 26.0 Å². The first-order valence-corrected chi connectivity index (χ1v) is 5.96. The molecule has 1 atom stereocenters. The maximum Gasteiger partial charge on any atom is 0.339 e. The third kappa shape index (κ3) is 3.45. The van der Waals surface area contributed by atoms with Crippen molar-refractivity contribution in [2.75, 3.05) is 0 Å². The number of hydrogen-bond acceptors (Lipinski definition) is 4. The molecule has 98 valence electrons. The number of rotatable bonds is 5. The van der Waals surface area contributed by atoms with Crippen molar-refractivity contribution in [2.24, 2.45) is 0 Å². The van der Waals surface area contributed by atoms with E-state index in [0.717, 1.165) is 0 Å². The van der Waals surface area contributed by atoms with E-state index in [1.54, 1.807) is 10.9 Å². The minimum atomic E-state index is -0.425. The second-order valence-corrected chi connectivity index (χ2v) is 4.19. The first kappa shape index (κ1) is 12.9. The zero-order valence-electron chi connectivity index (χ0n) is 10.5. The minimum absolute atomic E-state index is 0.211. The van der Waals surface area contributed by atoms with E-state index in [1.807, 2.05) is 25.3 Å². The van der Waals surface area contributed by atoms with Gasteiger partial charge in [0.1, 0.15) is 17.9 Å². The molecule has 0 unspecified atom stereocenters. The second-order valence-electron chi connectivity index (χ2n) is 4.19. The molecular weight excluding hydrogens is 244 g/mol. The van der Waals surface area contributed by atoms with Gasteiger partial charge in [-0.2, -0.15) is 10.4 Å². The van der Waals surface area contributed by atoms with E-state index in [1.165, 1.54) is 12.3 Å². The van der Waals surface area contributed by atoms with Crippen LogP contribution in [0.5, 0.6) is 0 Å². The van der Waals surface area contributed by atoms with Crippen LogP contribution in [0.25, 0.3) is 0 Å². The number of hydrogen-bond donors (Lipinski definition) is 1. The molecule has 0 spiro atoms. The summed E-state index contributed by atoms with van der Waals surface area (Å²) in [5, 5.41) is 12.7. The van der Waals surface area contributed by atoms with Crippen LogP contribution in [0, 0.1) is 11.3 Å². The van der Waals surface area contributed by atoms with E-state index in [4.69, 9.17) is 10.00 Å². The molecule has 6 heteroatoms. The van der Waals surface area contributed by atoms with E-state index >= 15 is 0 Å². The molecule has 1 N–H and O–H groups in total. The van der Waals surface area contributed by atoms with E-state index < -0.39 is 5.97 Å². The lowest BCUT2D eigenvalue weighted by Crippen LogP contribution is -2.17. The molecule has 0 saturated heterocycles. The van der Waals surface area contributed by atoms with Crippen molar-refractivity contribution < 1.29 is 9.53 Å². The topological polar surface area (TPSA) is 83.7 Å². The van der Waals surface area contributed by atoms with Crippen LogP contribution in [-0.4, -0.2) is 26.8 Å². The highest BCUT2D eigenvalue weighted by atomic mass is 16.5. The Labute approximate surface area is 110 Å². The summed E-state index contributed by atoms with van der Waals surface area (Å²) in [6, 6.07) is 5.25. The maximum absolute atomic E-state index is 11.8. The fourth-order valence-corrected chi connectivity index (χ4v) is 1.63. The third-order valence-corrected chi connectivity index (χ3v) is 2.67. The van der Waals surface area contributed by atoms with Gasteiger partial charge in [0.25, 0.3) is 0 Å². The summed E-state index contributed by atoms with van der Waals surface area (Å²) in [5.74, 6) is -0.425. The lowest BCUT2D eigenvalue weighted by Gasteiger charge is -2.12. The van der Waals surface area contributed by atoms with Crippen molar-refractivity contribution in [3.63, 3.8) is 0 Å². The molecule has 19 heavy (non-hydrogen) atoms. The summed E-state index contributed by atoms with van der Waals surface area (Å²) in [6.07, 6.45) is 5.52. The Morgan fingerprint density at radius 1 is 1.68 bits per heavy atom. The molecule has 0 aliphatic heterocycles. The number of nitriles is 1. The van der Waals surface area contributed by atoms with E-state index in [0.29, 0.717) is 24.2 Å². The van der Waals surface area contributed by atoms with Gasteiger partial charge in [-0.05, 0) is 19.1 Å². The van der Waals surface area contributed by atoms with Gasteiger partial charge in [-0.15, -0.1) is 0 Å². The van der Waals surface area contributed by atoms with Crippen LogP contribution >= 0.6 is 0 Å². The standard InChI is InChI=1S/C13H14N4O2/c1-10(3-6-17-5-2-4-16-17)19-13(18)11-7-12(8-14)15-9-11/h2,4-5,7,9-10,15H,3,6H2,1H3/t10-/m1/s1. The molecule has 0 radical (unpaired) electrons. The van der Waals surface area contributed by atoms with Gasteiger partial charge in [0.15, 0.2) is 0 Å². The molecule has 0 saturated carbocycles. The first-order valence-electron chi connectivity index (χ1n) is 5.96. The molecule has 0 fully saturated rings. The van der Waals surface area contributed by atoms with Gasteiger partial charge in [-0.3, -0.25) is 4.68 Å². The van der Waals surface area contributed by atoms with Crippen LogP contribution in [0.3, 0.4) is 0 Å². The number of nitrogens with one attached hydrogen (secondary N) is 1. The molecule has 6 nitrogen and oxygen atoms in total. The van der Waals surface area contributed by atoms with Gasteiger partial charge >= 0.3 is 5.97 Å². The molecule has 2 rings (SSSR count). The maximum atomic E-state index is 11.8. The average molecular weight is 258 g/mol. The van der Waals surface area contributed by atoms with Crippen molar-refractivity contribution in [3.05, 3.63) is 42.0 Å². The number of nitrogens with zero attached hydrogens (tertiary/aromatic N) is 3. The smallest absolute Gasteiger partial charge is 0.339 e. The van der Waals surface area contributed by atoms with Gasteiger partial charge < -0.3 is 9.72 Å². The highest BCUT2D eigenvalue weighted by Gasteiger charge is 2.13. The summed E-state index contributed by atoms with van der Waals surface area (Å²) in [5.41, 5.74) is 0.707. The molecule has 2 heterocycles. The molecule has 0 aliphatic carbocycles. The van der Waals surface area contributed by atoms with Crippen LogP contribution in [0.15, 0.2) is 30.7 Å². The number of carbonyl (C=O) groups excluding carboxylic acids is 1. The van der Waals surface area contributed by atoms with Gasteiger partial charge in [-0.25, -0.2) is 4.79 Å². The van der Waals surface area contributed by atoms with Gasteiger partial charge in [0, 0.05) is 31.6 Å². The Bertz CT molecular complexity index is 580. The average Bonchev–Trinajstić information content (AvgIpc) is 3.07. The van der Waals surface area contributed by atoms with E-state index in [9.17, 15) is 4.79 Å². The van der Waals surface area contributed by atoms with Gasteiger partial charge in [0.05, 0.1) is 5.56 Å². The Morgan fingerprint density at radius 3 is 3.16 bits per heavy atom. The van der Waals surface area contributed by atoms with Crippen molar-refractivity contribution in [1.29, 1.82) is 5.26 Å². The quantitative estimate of drug-likeness (QED) is 0.827. The third-order valence-electron chi connectivity index (χ3n) is 2.67. The number of aryl methyl sites for hydroxylation is 1. The fourth-order valence-electron chi connectivity index (χ4n) is 1.63. The summed E-state index contributed by atoms with van der Waals surface area (Å²) < 4.78 is 7.07. The Kier molecular flexibility index (Phi) is 3.98. The van der Waals surface area contributed by atoms with Crippen LogP contribution < -0.4 is 0 Å². The van der Waals surface area contributed by atoms with Gasteiger partial charge in [0.2, 0.25) is 0 Å². The van der Waals surface area contributed by atoms with Crippen LogP contribution in [-0.2, 0) is 11.3 Å². The van der Waals surface area contributed by atoms with Gasteiger partial charge in [-0.1, -0.05) is 0 Å². The molecule has 0 aromatic carbocycles. The van der Waals surface area contributed by atoms with Crippen LogP contribution in [0.2, 0.25) is 0 Å². The zero-order valence-corrected chi connectivity index (χ0v) is 10.5. The molecule has 0 aliphatic rings. The Balaban J connectivity index is 1.83. The highest BCUT2D eigenvalue weighted by Crippen LogP contribution is 2.08. The minimum Gasteiger partial charge on any atom is -0.459 e. The summed E-state index contributed by atoms with van der Waals surface area (Å²) in [7, 11) is 0. The number of aromatic nitrogens is 3. The normalized spacial score (nSPS) is 11.8. The summed E-state index contributed by atoms with van der Waals surface area (Å²) in [4.78, 5) is 14.5. The van der Waals surface area contributed by atoms with Crippen LogP contribution in [0.4, 0.5) is 0 Å². The molecular formula is C13H14N4O2. The SMILES string of the molecule is C[C@H](CCn1cccn1)OC(=O)c1c[nH]c(C#N)c1. The predicted molar refractivity (Wildman–Crippen MR) is 67.2 cm³/mol. The van der Waals surface area contributed by atoms with E-state index in [2.05, 4.69) is 10.1 Å². The largest absolute Gasteiger partial charge is 0.459 e. The fraction of sp³-hybridized carbons (Fsp3) is 0.308. The number of esters is 1. The number of carbonyl (C=O) groups is 1. The predicted octanol–water partition coefficient (Wildman–Crippen LogP) is 1.72. The summed E-state index contributed by atoms with van der Waals surface area (Å²) in [6.45, 7) is 2.53. The molecule has 2 aromatic heterocycles. The number of aromatic amines is 1. The van der Waals surface area contributed by atoms with E-state index in [-0.39, 0.29) is 6.10 Å². The second kappa shape index (κ2) is 5.87.